The molecule has 0 aliphatic carbocycles. The molecule has 0 spiro atoms. The van der Waals surface area contributed by atoms with Gasteiger partial charge in [0.2, 0.25) is 0 Å². The van der Waals surface area contributed by atoms with Crippen molar-refractivity contribution in [3.05, 3.63) is 54.9 Å². The summed E-state index contributed by atoms with van der Waals surface area (Å²) in [6.45, 7) is 0. The molecule has 78 valence electrons. The third-order valence-electron chi connectivity index (χ3n) is 2.61. The van der Waals surface area contributed by atoms with Crippen LogP contribution in [-0.2, 0) is 0 Å². The second kappa shape index (κ2) is 3.38. The number of nitrogen functional groups attached to an aromatic ring is 1. The van der Waals surface area contributed by atoms with E-state index in [1.54, 1.807) is 6.20 Å². The van der Waals surface area contributed by atoms with Crippen LogP contribution >= 0.6 is 0 Å². The Morgan fingerprint density at radius 1 is 1.06 bits per heavy atom. The highest BCUT2D eigenvalue weighted by Crippen LogP contribution is 2.22. The average Bonchev–Trinajstić information content (AvgIpc) is 2.76. The van der Waals surface area contributed by atoms with Crippen LogP contribution < -0.4 is 5.73 Å². The van der Waals surface area contributed by atoms with Crippen LogP contribution in [0.2, 0.25) is 0 Å². The molecular weight excluding hydrogens is 198 g/mol. The Kier molecular flexibility index (Phi) is 1.90. The topological polar surface area (TPSA) is 43.3 Å². The summed E-state index contributed by atoms with van der Waals surface area (Å²) in [4.78, 5) is 4.26. The molecule has 1 aromatic carbocycles. The zero-order valence-electron chi connectivity index (χ0n) is 8.67. The molecule has 0 saturated carbocycles. The third kappa shape index (κ3) is 1.34. The van der Waals surface area contributed by atoms with Gasteiger partial charge in [0.25, 0.3) is 0 Å². The molecule has 3 aromatic rings. The van der Waals surface area contributed by atoms with Crippen molar-refractivity contribution in [1.29, 1.82) is 0 Å². The van der Waals surface area contributed by atoms with Crippen LogP contribution in [0.4, 0.5) is 5.69 Å². The number of nitrogens with zero attached hydrogens (tertiary/aromatic N) is 2. The maximum atomic E-state index is 5.79. The summed E-state index contributed by atoms with van der Waals surface area (Å²) >= 11 is 0. The van der Waals surface area contributed by atoms with Crippen LogP contribution in [0.25, 0.3) is 16.9 Å². The lowest BCUT2D eigenvalue weighted by molar-refractivity contribution is 1.19. The first kappa shape index (κ1) is 8.97. The van der Waals surface area contributed by atoms with Gasteiger partial charge in [0, 0.05) is 23.6 Å². The molecule has 16 heavy (non-hydrogen) atoms. The second-order valence-corrected chi connectivity index (χ2v) is 3.69. The third-order valence-corrected chi connectivity index (χ3v) is 2.61. The van der Waals surface area contributed by atoms with Crippen molar-refractivity contribution in [3.63, 3.8) is 0 Å². The Morgan fingerprint density at radius 2 is 1.94 bits per heavy atom. The van der Waals surface area contributed by atoms with Crippen LogP contribution in [0.15, 0.2) is 54.9 Å². The number of rotatable bonds is 1. The molecule has 0 atom stereocenters. The van der Waals surface area contributed by atoms with Crippen molar-refractivity contribution in [1.82, 2.24) is 9.38 Å². The molecular formula is C13H11N3. The average molecular weight is 209 g/mol. The minimum atomic E-state index is 0.773. The standard InChI is InChI=1S/C13H11N3/c14-11-4-1-3-10(9-11)12-5-2-6-13-15-7-8-16(12)13/h1-9H,14H2. The molecule has 2 heterocycles. The predicted octanol–water partition coefficient (Wildman–Crippen LogP) is 2.58. The van der Waals surface area contributed by atoms with Crippen molar-refractivity contribution < 1.29 is 0 Å². The summed E-state index contributed by atoms with van der Waals surface area (Å²) in [7, 11) is 0. The molecule has 2 aromatic heterocycles. The molecule has 0 aliphatic rings. The van der Waals surface area contributed by atoms with E-state index in [4.69, 9.17) is 5.73 Å². The molecule has 3 nitrogen and oxygen atoms in total. The van der Waals surface area contributed by atoms with Gasteiger partial charge in [0.15, 0.2) is 0 Å². The van der Waals surface area contributed by atoms with E-state index < -0.39 is 0 Å². The number of hydrogen-bond donors (Lipinski definition) is 1. The van der Waals surface area contributed by atoms with Crippen molar-refractivity contribution >= 4 is 11.3 Å². The lowest BCUT2D eigenvalue weighted by Gasteiger charge is -2.06. The summed E-state index contributed by atoms with van der Waals surface area (Å²) in [6.07, 6.45) is 3.75. The molecule has 0 fully saturated rings. The van der Waals surface area contributed by atoms with E-state index in [1.165, 1.54) is 0 Å². The van der Waals surface area contributed by atoms with Gasteiger partial charge in [-0.25, -0.2) is 4.98 Å². The smallest absolute Gasteiger partial charge is 0.137 e. The summed E-state index contributed by atoms with van der Waals surface area (Å²) < 4.78 is 2.05. The van der Waals surface area contributed by atoms with E-state index in [9.17, 15) is 0 Å². The number of pyridine rings is 1. The van der Waals surface area contributed by atoms with Crippen molar-refractivity contribution in [2.24, 2.45) is 0 Å². The monoisotopic (exact) mass is 209 g/mol. The quantitative estimate of drug-likeness (QED) is 0.626. The van der Waals surface area contributed by atoms with Gasteiger partial charge in [0.1, 0.15) is 5.65 Å². The van der Waals surface area contributed by atoms with Crippen molar-refractivity contribution in [2.45, 2.75) is 0 Å². The second-order valence-electron chi connectivity index (χ2n) is 3.69. The number of hydrogen-bond acceptors (Lipinski definition) is 2. The zero-order valence-corrected chi connectivity index (χ0v) is 8.67. The first-order valence-corrected chi connectivity index (χ1v) is 5.12. The normalized spacial score (nSPS) is 10.8. The Morgan fingerprint density at radius 3 is 2.81 bits per heavy atom. The van der Waals surface area contributed by atoms with Crippen LogP contribution in [0.1, 0.15) is 0 Å². The van der Waals surface area contributed by atoms with Crippen molar-refractivity contribution in [3.8, 4) is 11.3 Å². The number of benzene rings is 1. The van der Waals surface area contributed by atoms with E-state index in [2.05, 4.69) is 15.5 Å². The zero-order chi connectivity index (χ0) is 11.0. The summed E-state index contributed by atoms with van der Waals surface area (Å²) in [5, 5.41) is 0. The fourth-order valence-electron chi connectivity index (χ4n) is 1.88. The molecule has 2 N–H and O–H groups in total. The van der Waals surface area contributed by atoms with Gasteiger partial charge in [-0.3, -0.25) is 4.40 Å². The molecule has 0 unspecified atom stereocenters. The number of nitrogens with two attached hydrogens (primary N) is 1. The highest BCUT2D eigenvalue weighted by Gasteiger charge is 2.02. The fraction of sp³-hybridized carbons (Fsp3) is 0. The van der Waals surface area contributed by atoms with Gasteiger partial charge in [0.05, 0.1) is 5.69 Å². The van der Waals surface area contributed by atoms with Gasteiger partial charge < -0.3 is 5.73 Å². The molecule has 0 radical (unpaired) electrons. The molecule has 0 amide bonds. The first-order chi connectivity index (χ1) is 7.84. The van der Waals surface area contributed by atoms with Crippen molar-refractivity contribution in [2.75, 3.05) is 5.73 Å². The van der Waals surface area contributed by atoms with E-state index in [-0.39, 0.29) is 0 Å². The number of imidazole rings is 1. The molecule has 0 bridgehead atoms. The van der Waals surface area contributed by atoms with Crippen LogP contribution in [0.5, 0.6) is 0 Å². The SMILES string of the molecule is Nc1cccc(-c2cccc3nccn23)c1. The molecule has 0 aliphatic heterocycles. The first-order valence-electron chi connectivity index (χ1n) is 5.12. The van der Waals surface area contributed by atoms with Crippen LogP contribution in [0, 0.1) is 0 Å². The summed E-state index contributed by atoms with van der Waals surface area (Å²) in [5.74, 6) is 0. The number of aromatic nitrogens is 2. The van der Waals surface area contributed by atoms with Crippen LogP contribution in [-0.4, -0.2) is 9.38 Å². The Bertz CT molecular complexity index is 640. The highest BCUT2D eigenvalue weighted by atomic mass is 15.0. The van der Waals surface area contributed by atoms with Gasteiger partial charge in [-0.2, -0.15) is 0 Å². The van der Waals surface area contributed by atoms with Gasteiger partial charge in [-0.15, -0.1) is 0 Å². The Hall–Kier alpha value is -2.29. The Labute approximate surface area is 93.2 Å². The van der Waals surface area contributed by atoms with E-state index in [0.717, 1.165) is 22.6 Å². The maximum Gasteiger partial charge on any atom is 0.137 e. The minimum Gasteiger partial charge on any atom is -0.399 e. The minimum absolute atomic E-state index is 0.773. The van der Waals surface area contributed by atoms with E-state index >= 15 is 0 Å². The fourth-order valence-corrected chi connectivity index (χ4v) is 1.88. The number of anilines is 1. The Balaban J connectivity index is 2.29. The van der Waals surface area contributed by atoms with Gasteiger partial charge in [-0.05, 0) is 24.3 Å². The predicted molar refractivity (Wildman–Crippen MR) is 65.0 cm³/mol. The van der Waals surface area contributed by atoms with Gasteiger partial charge in [-0.1, -0.05) is 18.2 Å². The molecule has 3 rings (SSSR count). The number of fused-ring (bicyclic) bond motifs is 1. The summed E-state index contributed by atoms with van der Waals surface area (Å²) in [5.41, 5.74) is 9.71. The lowest BCUT2D eigenvalue weighted by Crippen LogP contribution is -1.91. The van der Waals surface area contributed by atoms with E-state index in [0.29, 0.717) is 0 Å². The summed E-state index contributed by atoms with van der Waals surface area (Å²) in [6, 6.07) is 13.9. The molecule has 0 saturated heterocycles. The van der Waals surface area contributed by atoms with Crippen LogP contribution in [0.3, 0.4) is 0 Å². The maximum absolute atomic E-state index is 5.79. The van der Waals surface area contributed by atoms with Gasteiger partial charge >= 0.3 is 0 Å². The molecule has 3 heteroatoms. The largest absolute Gasteiger partial charge is 0.399 e. The lowest BCUT2D eigenvalue weighted by atomic mass is 10.1. The highest BCUT2D eigenvalue weighted by molar-refractivity contribution is 5.66. The van der Waals surface area contributed by atoms with E-state index in [1.807, 2.05) is 42.6 Å².